The number of para-hydroxylation sites is 1. The van der Waals surface area contributed by atoms with Crippen LogP contribution >= 0.6 is 0 Å². The van der Waals surface area contributed by atoms with Crippen LogP contribution in [0.1, 0.15) is 77.7 Å². The number of terminal acetylenes is 1. The number of amides is 3. The number of nitrogens with zero attached hydrogens (tertiary/aromatic N) is 1. The lowest BCUT2D eigenvalue weighted by Gasteiger charge is -2.41. The highest BCUT2D eigenvalue weighted by Crippen LogP contribution is 2.45. The number of fused-ring (bicyclic) bond motifs is 1. The Morgan fingerprint density at radius 3 is 2.68 bits per heavy atom. The van der Waals surface area contributed by atoms with E-state index >= 15 is 0 Å². The molecule has 0 aliphatic carbocycles. The molecular formula is C29H40N4O4. The number of hydrogen-bond donors (Lipinski definition) is 3. The maximum Gasteiger partial charge on any atom is 0.407 e. The average molecular weight is 509 g/mol. The zero-order valence-electron chi connectivity index (χ0n) is 22.5. The van der Waals surface area contributed by atoms with Crippen molar-refractivity contribution >= 4 is 28.8 Å². The van der Waals surface area contributed by atoms with E-state index in [0.29, 0.717) is 32.4 Å². The van der Waals surface area contributed by atoms with Crippen molar-refractivity contribution in [2.45, 2.75) is 83.3 Å². The predicted octanol–water partition coefficient (Wildman–Crippen LogP) is 4.47. The number of carbonyl (C=O) groups is 3. The molecule has 37 heavy (non-hydrogen) atoms. The Bertz CT molecular complexity index is 1140. The number of H-pyrrole nitrogens is 1. The first-order chi connectivity index (χ1) is 17.5. The van der Waals surface area contributed by atoms with E-state index in [9.17, 15) is 14.4 Å². The van der Waals surface area contributed by atoms with Gasteiger partial charge in [-0.3, -0.25) is 9.59 Å². The fraction of sp³-hybridized carbons (Fsp3) is 0.552. The lowest BCUT2D eigenvalue weighted by molar-refractivity contribution is -0.136. The molecule has 3 amide bonds. The molecule has 3 rings (SSSR count). The van der Waals surface area contributed by atoms with Crippen molar-refractivity contribution in [2.75, 3.05) is 19.6 Å². The molecule has 3 N–H and O–H groups in total. The Kier molecular flexibility index (Phi) is 9.25. The van der Waals surface area contributed by atoms with Gasteiger partial charge in [0.25, 0.3) is 0 Å². The highest BCUT2D eigenvalue weighted by Gasteiger charge is 2.46. The summed E-state index contributed by atoms with van der Waals surface area (Å²) in [5.41, 5.74) is 1.27. The number of alkyl carbamates (subject to hydrolysis) is 1. The Hall–Kier alpha value is -3.47. The number of hydrogen-bond acceptors (Lipinski definition) is 4. The molecule has 0 saturated carbocycles. The van der Waals surface area contributed by atoms with Crippen molar-refractivity contribution in [2.24, 2.45) is 0 Å². The van der Waals surface area contributed by atoms with E-state index in [4.69, 9.17) is 11.2 Å². The minimum atomic E-state index is -0.583. The summed E-state index contributed by atoms with van der Waals surface area (Å²) in [6.45, 7) is 8.80. The maximum atomic E-state index is 13.3. The van der Waals surface area contributed by atoms with E-state index in [1.165, 1.54) is 0 Å². The Labute approximate surface area is 219 Å². The summed E-state index contributed by atoms with van der Waals surface area (Å²) in [5.74, 6) is 2.78. The van der Waals surface area contributed by atoms with Crippen LogP contribution in [-0.2, 0) is 14.3 Å². The van der Waals surface area contributed by atoms with Gasteiger partial charge >= 0.3 is 6.09 Å². The minimum Gasteiger partial charge on any atom is -0.444 e. The molecule has 2 heterocycles. The van der Waals surface area contributed by atoms with Crippen LogP contribution in [0, 0.1) is 12.3 Å². The molecule has 1 aromatic carbocycles. The molecule has 2 atom stereocenters. The lowest BCUT2D eigenvalue weighted by Crippen LogP contribution is -2.49. The van der Waals surface area contributed by atoms with Crippen LogP contribution in [0.25, 0.3) is 10.9 Å². The first kappa shape index (κ1) is 28.1. The van der Waals surface area contributed by atoms with Crippen molar-refractivity contribution in [1.29, 1.82) is 0 Å². The summed E-state index contributed by atoms with van der Waals surface area (Å²) < 4.78 is 5.15. The number of rotatable bonds is 10. The number of ether oxygens (including phenoxy) is 1. The monoisotopic (exact) mass is 508 g/mol. The van der Waals surface area contributed by atoms with Crippen LogP contribution in [0.2, 0.25) is 0 Å². The Morgan fingerprint density at radius 1 is 1.19 bits per heavy atom. The van der Waals surface area contributed by atoms with Crippen molar-refractivity contribution in [3.8, 4) is 12.3 Å². The van der Waals surface area contributed by atoms with E-state index in [1.54, 1.807) is 20.8 Å². The molecule has 1 aromatic heterocycles. The number of likely N-dealkylation sites (tertiary alicyclic amines) is 1. The first-order valence-corrected chi connectivity index (χ1v) is 13.1. The molecule has 0 radical (unpaired) electrons. The second kappa shape index (κ2) is 12.2. The van der Waals surface area contributed by atoms with Gasteiger partial charge in [-0.2, -0.15) is 0 Å². The van der Waals surface area contributed by atoms with E-state index in [2.05, 4.69) is 34.5 Å². The van der Waals surface area contributed by atoms with Crippen LogP contribution in [0.4, 0.5) is 4.79 Å². The third-order valence-electron chi connectivity index (χ3n) is 6.96. The molecule has 8 heteroatoms. The highest BCUT2D eigenvalue weighted by atomic mass is 16.6. The molecule has 0 unspecified atom stereocenters. The molecule has 1 aliphatic rings. The molecule has 1 aliphatic heterocycles. The number of carbonyl (C=O) groups excluding carboxylic acids is 3. The lowest BCUT2D eigenvalue weighted by atomic mass is 9.76. The summed E-state index contributed by atoms with van der Waals surface area (Å²) in [5, 5.41) is 6.54. The first-order valence-electron chi connectivity index (χ1n) is 13.1. The molecule has 1 fully saturated rings. The molecule has 1 saturated heterocycles. The second-order valence-corrected chi connectivity index (χ2v) is 10.9. The van der Waals surface area contributed by atoms with Crippen LogP contribution in [0.5, 0.6) is 0 Å². The fourth-order valence-electron chi connectivity index (χ4n) is 5.21. The molecule has 2 aromatic rings. The third kappa shape index (κ3) is 7.28. The van der Waals surface area contributed by atoms with Gasteiger partial charge in [0.2, 0.25) is 11.8 Å². The molecule has 200 valence electrons. The number of nitrogens with one attached hydrogen (secondary N) is 3. The quantitative estimate of drug-likeness (QED) is 0.325. The van der Waals surface area contributed by atoms with Crippen molar-refractivity contribution in [3.63, 3.8) is 0 Å². The smallest absolute Gasteiger partial charge is 0.407 e. The predicted molar refractivity (Wildman–Crippen MR) is 145 cm³/mol. The van der Waals surface area contributed by atoms with Crippen molar-refractivity contribution in [1.82, 2.24) is 20.5 Å². The van der Waals surface area contributed by atoms with E-state index in [-0.39, 0.29) is 36.2 Å². The zero-order chi connectivity index (χ0) is 27.1. The summed E-state index contributed by atoms with van der Waals surface area (Å²) in [6.07, 6.45) is 10.7. The topological polar surface area (TPSA) is 104 Å². The van der Waals surface area contributed by atoms with Crippen LogP contribution in [0.3, 0.4) is 0 Å². The number of aromatic amines is 1. The summed E-state index contributed by atoms with van der Waals surface area (Å²) in [7, 11) is 0. The van der Waals surface area contributed by atoms with Gasteiger partial charge in [0, 0.05) is 67.5 Å². The molecule has 8 nitrogen and oxygen atoms in total. The fourth-order valence-corrected chi connectivity index (χ4v) is 5.21. The Morgan fingerprint density at radius 2 is 1.95 bits per heavy atom. The maximum absolute atomic E-state index is 13.3. The van der Waals surface area contributed by atoms with Crippen LogP contribution in [0.15, 0.2) is 30.5 Å². The van der Waals surface area contributed by atoms with Gasteiger partial charge in [0.15, 0.2) is 0 Å². The van der Waals surface area contributed by atoms with Gasteiger partial charge in [0.1, 0.15) is 5.60 Å². The highest BCUT2D eigenvalue weighted by molar-refractivity contribution is 5.84. The van der Waals surface area contributed by atoms with Gasteiger partial charge in [-0.05, 0) is 58.6 Å². The van der Waals surface area contributed by atoms with E-state index < -0.39 is 11.7 Å². The SMILES string of the molecule is C#CC[C@@H](c1c[nH]c2ccccc12)[C@]1(C)CCCN1C(=O)CCCNC(=O)CCNC(=O)OC(C)(C)C. The Balaban J connectivity index is 1.51. The second-order valence-electron chi connectivity index (χ2n) is 10.9. The molecular weight excluding hydrogens is 468 g/mol. The summed E-state index contributed by atoms with van der Waals surface area (Å²) >= 11 is 0. The minimum absolute atomic E-state index is 0.0253. The number of aromatic nitrogens is 1. The van der Waals surface area contributed by atoms with Crippen molar-refractivity contribution in [3.05, 3.63) is 36.0 Å². The normalized spacial score (nSPS) is 18.3. The van der Waals surface area contributed by atoms with Crippen LogP contribution in [-0.4, -0.2) is 58.6 Å². The van der Waals surface area contributed by atoms with Crippen LogP contribution < -0.4 is 10.6 Å². The van der Waals surface area contributed by atoms with Crippen molar-refractivity contribution < 1.29 is 19.1 Å². The molecule has 0 spiro atoms. The molecule has 0 bridgehead atoms. The average Bonchev–Trinajstić information content (AvgIpc) is 3.43. The van der Waals surface area contributed by atoms with Gasteiger partial charge in [-0.1, -0.05) is 18.2 Å². The van der Waals surface area contributed by atoms with Gasteiger partial charge < -0.3 is 25.3 Å². The van der Waals surface area contributed by atoms with Gasteiger partial charge in [-0.25, -0.2) is 4.79 Å². The van der Waals surface area contributed by atoms with Gasteiger partial charge in [-0.15, -0.1) is 12.3 Å². The third-order valence-corrected chi connectivity index (χ3v) is 6.96. The summed E-state index contributed by atoms with van der Waals surface area (Å²) in [6, 6.07) is 8.17. The van der Waals surface area contributed by atoms with E-state index in [1.807, 2.05) is 29.3 Å². The summed E-state index contributed by atoms with van der Waals surface area (Å²) in [4.78, 5) is 42.4. The largest absolute Gasteiger partial charge is 0.444 e. The van der Waals surface area contributed by atoms with E-state index in [0.717, 1.165) is 29.3 Å². The number of benzene rings is 1. The standard InChI is InChI=1S/C29H40N4O4/c1-6-11-23(22-20-32-24-13-8-7-12-21(22)24)29(5)16-10-19-33(29)26(35)14-9-17-30-25(34)15-18-31-27(36)37-28(2,3)4/h1,7-8,12-13,20,23,32H,9-11,14-19H2,2-5H3,(H,30,34)(H,31,36)/t23-,29-/m0/s1. The zero-order valence-corrected chi connectivity index (χ0v) is 22.5. The van der Waals surface area contributed by atoms with Gasteiger partial charge in [0.05, 0.1) is 0 Å².